The molecule has 1 aliphatic heterocycles. The lowest BCUT2D eigenvalue weighted by Crippen LogP contribution is -2.41. The van der Waals surface area contributed by atoms with Gasteiger partial charge in [-0.25, -0.2) is 8.42 Å². The number of rotatable bonds is 5. The second-order valence-corrected chi connectivity index (χ2v) is 8.76. The Morgan fingerprint density at radius 2 is 1.90 bits per heavy atom. The number of nitrogens with one attached hydrogen (secondary N) is 1. The second-order valence-electron chi connectivity index (χ2n) is 6.82. The van der Waals surface area contributed by atoms with Crippen LogP contribution in [0.4, 0.5) is 13.2 Å². The highest BCUT2D eigenvalue weighted by Gasteiger charge is 2.31. The van der Waals surface area contributed by atoms with Crippen molar-refractivity contribution in [3.63, 3.8) is 0 Å². The first-order valence-electron chi connectivity index (χ1n) is 9.03. The minimum absolute atomic E-state index is 0.0464. The van der Waals surface area contributed by atoms with E-state index in [1.54, 1.807) is 6.07 Å². The van der Waals surface area contributed by atoms with Gasteiger partial charge in [0.25, 0.3) is 5.91 Å². The van der Waals surface area contributed by atoms with Crippen LogP contribution in [0.5, 0.6) is 0 Å². The molecule has 6 nitrogen and oxygen atoms in total. The third kappa shape index (κ3) is 5.13. The monoisotopic (exact) mass is 427 g/mol. The Morgan fingerprint density at radius 3 is 2.52 bits per heavy atom. The molecule has 1 aromatic heterocycles. The van der Waals surface area contributed by atoms with Gasteiger partial charge in [-0.05, 0) is 49.1 Å². The maximum Gasteiger partial charge on any atom is 0.416 e. The predicted molar refractivity (Wildman–Crippen MR) is 99.5 cm³/mol. The zero-order valence-electron chi connectivity index (χ0n) is 15.4. The van der Waals surface area contributed by atoms with Crippen molar-refractivity contribution in [2.24, 2.45) is 5.92 Å². The highest BCUT2D eigenvalue weighted by Crippen LogP contribution is 2.29. The third-order valence-corrected chi connectivity index (χ3v) is 6.73. The van der Waals surface area contributed by atoms with Gasteiger partial charge < -0.3 is 5.32 Å². The van der Waals surface area contributed by atoms with Crippen LogP contribution < -0.4 is 5.32 Å². The molecule has 3 rings (SSSR count). The fourth-order valence-corrected chi connectivity index (χ4v) is 4.61. The molecule has 10 heteroatoms. The lowest BCUT2D eigenvalue weighted by molar-refractivity contribution is -0.137. The maximum absolute atomic E-state index is 12.8. The average molecular weight is 427 g/mol. The van der Waals surface area contributed by atoms with Gasteiger partial charge in [0, 0.05) is 37.6 Å². The second kappa shape index (κ2) is 8.50. The molecule has 2 heterocycles. The van der Waals surface area contributed by atoms with Crippen LogP contribution in [0.2, 0.25) is 0 Å². The van der Waals surface area contributed by atoms with Crippen molar-refractivity contribution in [1.82, 2.24) is 14.6 Å². The Labute approximate surface area is 166 Å². The summed E-state index contributed by atoms with van der Waals surface area (Å²) in [6.45, 7) is 0.887. The predicted octanol–water partition coefficient (Wildman–Crippen LogP) is 2.93. The van der Waals surface area contributed by atoms with Gasteiger partial charge in [0.1, 0.15) is 4.90 Å². The zero-order valence-corrected chi connectivity index (χ0v) is 16.2. The number of carbonyl (C=O) groups excluding carboxylic acids is 1. The van der Waals surface area contributed by atoms with Crippen LogP contribution in [0, 0.1) is 5.92 Å². The summed E-state index contributed by atoms with van der Waals surface area (Å²) in [7, 11) is -3.60. The van der Waals surface area contributed by atoms with Crippen molar-refractivity contribution in [2.45, 2.75) is 23.9 Å². The Balaban J connectivity index is 1.53. The van der Waals surface area contributed by atoms with Crippen LogP contribution in [0.1, 0.15) is 28.8 Å². The molecule has 156 valence electrons. The molecule has 1 amide bonds. The number of halogens is 3. The molecule has 0 radical (unpaired) electrons. The van der Waals surface area contributed by atoms with Gasteiger partial charge in [-0.2, -0.15) is 17.5 Å². The fourth-order valence-electron chi connectivity index (χ4n) is 3.18. The van der Waals surface area contributed by atoms with E-state index >= 15 is 0 Å². The lowest BCUT2D eigenvalue weighted by Gasteiger charge is -2.31. The molecule has 2 aromatic rings. The zero-order chi connectivity index (χ0) is 21.1. The van der Waals surface area contributed by atoms with Gasteiger partial charge in [-0.3, -0.25) is 9.78 Å². The molecule has 29 heavy (non-hydrogen) atoms. The molecule has 0 aliphatic carbocycles. The summed E-state index contributed by atoms with van der Waals surface area (Å²) in [5, 5.41) is 2.65. The number of hydrogen-bond acceptors (Lipinski definition) is 4. The van der Waals surface area contributed by atoms with Gasteiger partial charge in [-0.1, -0.05) is 6.07 Å². The topological polar surface area (TPSA) is 79.4 Å². The van der Waals surface area contributed by atoms with E-state index in [9.17, 15) is 26.4 Å². The number of alkyl halides is 3. The molecule has 1 fully saturated rings. The first kappa shape index (κ1) is 21.3. The van der Waals surface area contributed by atoms with E-state index in [0.717, 1.165) is 12.1 Å². The Morgan fingerprint density at radius 1 is 1.17 bits per heavy atom. The highest BCUT2D eigenvalue weighted by molar-refractivity contribution is 7.89. The molecule has 0 atom stereocenters. The molecule has 1 aliphatic rings. The molecule has 0 saturated carbocycles. The summed E-state index contributed by atoms with van der Waals surface area (Å²) < 4.78 is 64.9. The molecule has 1 aromatic carbocycles. The summed E-state index contributed by atoms with van der Waals surface area (Å²) in [5.74, 6) is -0.536. The number of pyridine rings is 1. The van der Waals surface area contributed by atoms with Crippen molar-refractivity contribution in [3.05, 3.63) is 59.9 Å². The molecule has 0 bridgehead atoms. The van der Waals surface area contributed by atoms with E-state index in [0.29, 0.717) is 25.9 Å². The summed E-state index contributed by atoms with van der Waals surface area (Å²) in [5.41, 5.74) is -0.935. The Hall–Kier alpha value is -2.46. The van der Waals surface area contributed by atoms with Crippen LogP contribution in [0.15, 0.2) is 53.7 Å². The van der Waals surface area contributed by atoms with E-state index in [4.69, 9.17) is 0 Å². The number of carbonyl (C=O) groups is 1. The molecule has 0 spiro atoms. The van der Waals surface area contributed by atoms with Crippen molar-refractivity contribution < 1.29 is 26.4 Å². The Kier molecular flexibility index (Phi) is 6.23. The number of amides is 1. The van der Waals surface area contributed by atoms with Crippen LogP contribution in [0.25, 0.3) is 0 Å². The van der Waals surface area contributed by atoms with Gasteiger partial charge in [0.15, 0.2) is 0 Å². The molecule has 1 N–H and O–H groups in total. The van der Waals surface area contributed by atoms with Crippen LogP contribution >= 0.6 is 0 Å². The smallest absolute Gasteiger partial charge is 0.352 e. The standard InChI is InChI=1S/C19H20F3N3O3S/c20-19(21,22)16-4-1-3-15(11-16)18(26)24-12-14-6-9-25(10-7-14)29(27,28)17-5-2-8-23-13-17/h1-5,8,11,13-14H,6-7,9-10,12H2,(H,24,26). The number of nitrogens with zero attached hydrogens (tertiary/aromatic N) is 2. The van der Waals surface area contributed by atoms with Crippen molar-refractivity contribution >= 4 is 15.9 Å². The minimum Gasteiger partial charge on any atom is -0.352 e. The number of benzene rings is 1. The van der Waals surface area contributed by atoms with Crippen molar-refractivity contribution in [3.8, 4) is 0 Å². The number of hydrogen-bond donors (Lipinski definition) is 1. The van der Waals surface area contributed by atoms with E-state index in [1.807, 2.05) is 0 Å². The number of sulfonamides is 1. The maximum atomic E-state index is 12.8. The largest absolute Gasteiger partial charge is 0.416 e. The van der Waals surface area contributed by atoms with Gasteiger partial charge in [-0.15, -0.1) is 0 Å². The lowest BCUT2D eigenvalue weighted by atomic mass is 9.98. The summed E-state index contributed by atoms with van der Waals surface area (Å²) >= 11 is 0. The normalized spacial score (nSPS) is 16.5. The van der Waals surface area contributed by atoms with Crippen molar-refractivity contribution in [1.29, 1.82) is 0 Å². The summed E-state index contributed by atoms with van der Waals surface area (Å²) in [6.07, 6.45) is -0.622. The molecular formula is C19H20F3N3O3S. The van der Waals surface area contributed by atoms with E-state index in [-0.39, 0.29) is 22.9 Å². The minimum atomic E-state index is -4.51. The first-order chi connectivity index (χ1) is 13.7. The van der Waals surface area contributed by atoms with Crippen molar-refractivity contribution in [2.75, 3.05) is 19.6 Å². The van der Waals surface area contributed by atoms with E-state index in [2.05, 4.69) is 10.3 Å². The van der Waals surface area contributed by atoms with E-state index in [1.165, 1.54) is 34.9 Å². The summed E-state index contributed by atoms with van der Waals surface area (Å²) in [4.78, 5) is 16.2. The third-order valence-electron chi connectivity index (χ3n) is 4.85. The molecular weight excluding hydrogens is 407 g/mol. The average Bonchev–Trinajstić information content (AvgIpc) is 2.72. The summed E-state index contributed by atoms with van der Waals surface area (Å²) in [6, 6.07) is 7.30. The number of aromatic nitrogens is 1. The van der Waals surface area contributed by atoms with Crippen LogP contribution in [0.3, 0.4) is 0 Å². The number of piperidine rings is 1. The molecule has 1 saturated heterocycles. The Bertz CT molecular complexity index is 957. The fraction of sp³-hybridized carbons (Fsp3) is 0.368. The highest BCUT2D eigenvalue weighted by atomic mass is 32.2. The van der Waals surface area contributed by atoms with Gasteiger partial charge in [0.2, 0.25) is 10.0 Å². The van der Waals surface area contributed by atoms with Crippen LogP contribution in [-0.2, 0) is 16.2 Å². The first-order valence-corrected chi connectivity index (χ1v) is 10.5. The van der Waals surface area contributed by atoms with Gasteiger partial charge >= 0.3 is 6.18 Å². The van der Waals surface area contributed by atoms with Crippen LogP contribution in [-0.4, -0.2) is 43.2 Å². The molecule has 0 unspecified atom stereocenters. The quantitative estimate of drug-likeness (QED) is 0.796. The van der Waals surface area contributed by atoms with E-state index < -0.39 is 27.7 Å². The van der Waals surface area contributed by atoms with Gasteiger partial charge in [0.05, 0.1) is 5.56 Å². The SMILES string of the molecule is O=C(NCC1CCN(S(=O)(=O)c2cccnc2)CC1)c1cccc(C(F)(F)F)c1.